The average molecular weight is 236 g/mol. The van der Waals surface area contributed by atoms with Crippen LogP contribution in [0.4, 0.5) is 0 Å². The van der Waals surface area contributed by atoms with Gasteiger partial charge in [-0.05, 0) is 44.9 Å². The van der Waals surface area contributed by atoms with Crippen LogP contribution < -0.4 is 10.5 Å². The van der Waals surface area contributed by atoms with Crippen molar-refractivity contribution in [2.45, 2.75) is 39.7 Å². The molecule has 0 saturated carbocycles. The van der Waals surface area contributed by atoms with E-state index in [2.05, 4.69) is 12.1 Å². The summed E-state index contributed by atoms with van der Waals surface area (Å²) in [7, 11) is 0. The Kier molecular flexibility index (Phi) is 3.99. The summed E-state index contributed by atoms with van der Waals surface area (Å²) < 4.78 is 5.91. The first-order chi connectivity index (χ1) is 7.89. The van der Waals surface area contributed by atoms with E-state index in [4.69, 9.17) is 15.7 Å². The summed E-state index contributed by atoms with van der Waals surface area (Å²) in [4.78, 5) is 0. The van der Waals surface area contributed by atoms with Gasteiger partial charge in [-0.15, -0.1) is 0 Å². The zero-order chi connectivity index (χ0) is 13.1. The van der Waals surface area contributed by atoms with Crippen molar-refractivity contribution in [1.82, 2.24) is 0 Å². The minimum Gasteiger partial charge on any atom is -0.487 e. The fourth-order valence-electron chi connectivity index (χ4n) is 1.35. The lowest BCUT2D eigenvalue weighted by Gasteiger charge is -2.26. The molecular weight excluding hydrogens is 216 g/mol. The van der Waals surface area contributed by atoms with E-state index < -0.39 is 0 Å². The second-order valence-electron chi connectivity index (χ2n) is 4.70. The van der Waals surface area contributed by atoms with Gasteiger partial charge in [0.15, 0.2) is 5.84 Å². The molecule has 0 spiro atoms. The zero-order valence-electron chi connectivity index (χ0n) is 10.8. The summed E-state index contributed by atoms with van der Waals surface area (Å²) in [5.74, 6) is 0.707. The van der Waals surface area contributed by atoms with Gasteiger partial charge in [-0.2, -0.15) is 0 Å². The van der Waals surface area contributed by atoms with E-state index in [9.17, 15) is 0 Å². The van der Waals surface area contributed by atoms with Crippen LogP contribution in [0.25, 0.3) is 0 Å². The van der Waals surface area contributed by atoms with Crippen LogP contribution in [0.15, 0.2) is 23.4 Å². The van der Waals surface area contributed by atoms with Gasteiger partial charge >= 0.3 is 0 Å². The third-order valence-corrected chi connectivity index (χ3v) is 2.76. The molecule has 4 nitrogen and oxygen atoms in total. The van der Waals surface area contributed by atoms with E-state index in [0.717, 1.165) is 12.0 Å². The number of nitrogens with zero attached hydrogens (tertiary/aromatic N) is 1. The number of hydrogen-bond acceptors (Lipinski definition) is 3. The van der Waals surface area contributed by atoms with E-state index in [0.29, 0.717) is 11.3 Å². The lowest BCUT2D eigenvalue weighted by Crippen LogP contribution is -2.28. The van der Waals surface area contributed by atoms with Crippen molar-refractivity contribution < 1.29 is 9.94 Å². The summed E-state index contributed by atoms with van der Waals surface area (Å²) in [6.45, 7) is 8.04. The molecule has 0 heterocycles. The standard InChI is InChI=1S/C13H20N2O2/c1-5-13(3,4)17-11-8-9(2)6-7-10(11)12(14)15-16/h6-8,16H,5H2,1-4H3,(H2,14,15). The van der Waals surface area contributed by atoms with Gasteiger partial charge < -0.3 is 15.7 Å². The Morgan fingerprint density at radius 2 is 2.12 bits per heavy atom. The summed E-state index contributed by atoms with van der Waals surface area (Å²) >= 11 is 0. The van der Waals surface area contributed by atoms with Crippen molar-refractivity contribution in [3.63, 3.8) is 0 Å². The second kappa shape index (κ2) is 5.08. The smallest absolute Gasteiger partial charge is 0.173 e. The fraction of sp³-hybridized carbons (Fsp3) is 0.462. The normalized spacial score (nSPS) is 12.6. The molecule has 1 rings (SSSR count). The number of ether oxygens (including phenoxy) is 1. The molecule has 0 aliphatic rings. The first-order valence-corrected chi connectivity index (χ1v) is 5.67. The molecular formula is C13H20N2O2. The SMILES string of the molecule is CCC(C)(C)Oc1cc(C)ccc1C(N)=NO. The molecule has 0 unspecified atom stereocenters. The number of amidine groups is 1. The summed E-state index contributed by atoms with van der Waals surface area (Å²) in [6.07, 6.45) is 0.872. The molecule has 0 amide bonds. The van der Waals surface area contributed by atoms with Gasteiger partial charge in [0.2, 0.25) is 0 Å². The van der Waals surface area contributed by atoms with Crippen LogP contribution in [0.2, 0.25) is 0 Å². The molecule has 17 heavy (non-hydrogen) atoms. The second-order valence-corrected chi connectivity index (χ2v) is 4.70. The molecule has 0 atom stereocenters. The van der Waals surface area contributed by atoms with E-state index in [-0.39, 0.29) is 11.4 Å². The summed E-state index contributed by atoms with van der Waals surface area (Å²) in [6, 6.07) is 5.59. The van der Waals surface area contributed by atoms with Gasteiger partial charge in [-0.3, -0.25) is 0 Å². The number of aryl methyl sites for hydroxylation is 1. The molecule has 0 aromatic heterocycles. The van der Waals surface area contributed by atoms with Crippen molar-refractivity contribution >= 4 is 5.84 Å². The Labute approximate surface area is 102 Å². The lowest BCUT2D eigenvalue weighted by molar-refractivity contribution is 0.105. The number of oxime groups is 1. The average Bonchev–Trinajstić information content (AvgIpc) is 2.28. The maximum absolute atomic E-state index is 8.74. The summed E-state index contributed by atoms with van der Waals surface area (Å²) in [5.41, 5.74) is 7.03. The largest absolute Gasteiger partial charge is 0.487 e. The first kappa shape index (κ1) is 13.4. The van der Waals surface area contributed by atoms with Crippen molar-refractivity contribution in [3.8, 4) is 5.75 Å². The van der Waals surface area contributed by atoms with Crippen LogP contribution in [0, 0.1) is 6.92 Å². The van der Waals surface area contributed by atoms with Crippen LogP contribution >= 0.6 is 0 Å². The van der Waals surface area contributed by atoms with Gasteiger partial charge in [-0.1, -0.05) is 18.1 Å². The maximum atomic E-state index is 8.74. The number of nitrogens with two attached hydrogens (primary N) is 1. The van der Waals surface area contributed by atoms with Crippen molar-refractivity contribution in [2.24, 2.45) is 10.9 Å². The minimum absolute atomic E-state index is 0.0619. The molecule has 0 bridgehead atoms. The van der Waals surface area contributed by atoms with E-state index in [1.54, 1.807) is 6.07 Å². The number of rotatable bonds is 4. The molecule has 1 aromatic rings. The highest BCUT2D eigenvalue weighted by atomic mass is 16.5. The quantitative estimate of drug-likeness (QED) is 0.365. The van der Waals surface area contributed by atoms with Gasteiger partial charge in [0.05, 0.1) is 5.56 Å². The molecule has 0 saturated heterocycles. The fourth-order valence-corrected chi connectivity index (χ4v) is 1.35. The Morgan fingerprint density at radius 3 is 2.65 bits per heavy atom. The van der Waals surface area contributed by atoms with E-state index in [1.165, 1.54) is 0 Å². The first-order valence-electron chi connectivity index (χ1n) is 5.67. The van der Waals surface area contributed by atoms with Crippen LogP contribution in [-0.2, 0) is 0 Å². The zero-order valence-corrected chi connectivity index (χ0v) is 10.8. The maximum Gasteiger partial charge on any atom is 0.173 e. The highest BCUT2D eigenvalue weighted by Crippen LogP contribution is 2.26. The van der Waals surface area contributed by atoms with Crippen molar-refractivity contribution in [2.75, 3.05) is 0 Å². The molecule has 0 aliphatic carbocycles. The van der Waals surface area contributed by atoms with Gasteiger partial charge in [-0.25, -0.2) is 0 Å². The molecule has 0 fully saturated rings. The van der Waals surface area contributed by atoms with Gasteiger partial charge in [0.1, 0.15) is 11.4 Å². The summed E-state index contributed by atoms with van der Waals surface area (Å²) in [5, 5.41) is 11.8. The highest BCUT2D eigenvalue weighted by molar-refractivity contribution is 5.99. The lowest BCUT2D eigenvalue weighted by atomic mass is 10.1. The van der Waals surface area contributed by atoms with Crippen molar-refractivity contribution in [1.29, 1.82) is 0 Å². The van der Waals surface area contributed by atoms with Crippen molar-refractivity contribution in [3.05, 3.63) is 29.3 Å². The molecule has 94 valence electrons. The third kappa shape index (κ3) is 3.37. The third-order valence-electron chi connectivity index (χ3n) is 2.76. The van der Waals surface area contributed by atoms with Crippen LogP contribution in [0.3, 0.4) is 0 Å². The minimum atomic E-state index is -0.279. The molecule has 1 aromatic carbocycles. The Hall–Kier alpha value is -1.71. The van der Waals surface area contributed by atoms with Gasteiger partial charge in [0.25, 0.3) is 0 Å². The molecule has 3 N–H and O–H groups in total. The molecule has 0 radical (unpaired) electrons. The monoisotopic (exact) mass is 236 g/mol. The molecule has 4 heteroatoms. The van der Waals surface area contributed by atoms with Crippen LogP contribution in [0.5, 0.6) is 5.75 Å². The number of benzene rings is 1. The predicted octanol–water partition coefficient (Wildman–Crippen LogP) is 2.66. The topological polar surface area (TPSA) is 67.8 Å². The Bertz CT molecular complexity index is 425. The van der Waals surface area contributed by atoms with Crippen LogP contribution in [0.1, 0.15) is 38.3 Å². The van der Waals surface area contributed by atoms with E-state index >= 15 is 0 Å². The van der Waals surface area contributed by atoms with E-state index in [1.807, 2.05) is 32.9 Å². The highest BCUT2D eigenvalue weighted by Gasteiger charge is 2.19. The Morgan fingerprint density at radius 1 is 1.47 bits per heavy atom. The van der Waals surface area contributed by atoms with Crippen LogP contribution in [-0.4, -0.2) is 16.6 Å². The van der Waals surface area contributed by atoms with Gasteiger partial charge in [0, 0.05) is 0 Å². The number of hydrogen-bond donors (Lipinski definition) is 2. The predicted molar refractivity (Wildman–Crippen MR) is 68.7 cm³/mol. The Balaban J connectivity index is 3.16. The molecule has 0 aliphatic heterocycles.